The maximum atomic E-state index is 12.7. The lowest BCUT2D eigenvalue weighted by atomic mass is 9.77. The molecule has 1 aromatic rings. The molecule has 132 valence electrons. The molecule has 24 heavy (non-hydrogen) atoms. The van der Waals surface area contributed by atoms with Crippen LogP contribution in [-0.2, 0) is 0 Å². The van der Waals surface area contributed by atoms with E-state index in [0.29, 0.717) is 17.4 Å². The number of rotatable bonds is 3. The summed E-state index contributed by atoms with van der Waals surface area (Å²) in [5.41, 5.74) is 0.558. The molecule has 0 spiro atoms. The fourth-order valence-corrected chi connectivity index (χ4v) is 4.06. The molecule has 2 aliphatic rings. The summed E-state index contributed by atoms with van der Waals surface area (Å²) in [5, 5.41) is 10.3. The Kier molecular flexibility index (Phi) is 4.88. The lowest BCUT2D eigenvalue weighted by Gasteiger charge is -2.38. The minimum absolute atomic E-state index is 0.00981. The number of likely N-dealkylation sites (N-methyl/N-ethyl adjacent to an activating group) is 1. The van der Waals surface area contributed by atoms with Gasteiger partial charge < -0.3 is 14.9 Å². The van der Waals surface area contributed by atoms with Crippen LogP contribution < -0.4 is 0 Å². The van der Waals surface area contributed by atoms with Gasteiger partial charge in [0, 0.05) is 37.4 Å². The molecule has 0 bridgehead atoms. The van der Waals surface area contributed by atoms with E-state index < -0.39 is 0 Å². The van der Waals surface area contributed by atoms with Gasteiger partial charge in [0.1, 0.15) is 5.82 Å². The average Bonchev–Trinajstić information content (AvgIpc) is 2.96. The Hall–Kier alpha value is -1.53. The smallest absolute Gasteiger partial charge is 0.257 e. The number of hydrogen-bond acceptors (Lipinski definition) is 5. The van der Waals surface area contributed by atoms with Crippen molar-refractivity contribution in [1.82, 2.24) is 19.8 Å². The summed E-state index contributed by atoms with van der Waals surface area (Å²) in [6.07, 6.45) is 4.71. The fourth-order valence-electron chi connectivity index (χ4n) is 4.06. The van der Waals surface area contributed by atoms with Crippen LogP contribution in [0.15, 0.2) is 12.4 Å². The highest BCUT2D eigenvalue weighted by molar-refractivity contribution is 5.93. The molecule has 0 radical (unpaired) electrons. The lowest BCUT2D eigenvalue weighted by Crippen LogP contribution is -2.46. The minimum Gasteiger partial charge on any atom is -0.391 e. The largest absolute Gasteiger partial charge is 0.391 e. The van der Waals surface area contributed by atoms with Gasteiger partial charge in [-0.05, 0) is 38.8 Å². The second kappa shape index (κ2) is 6.76. The van der Waals surface area contributed by atoms with E-state index in [0.717, 1.165) is 31.8 Å². The maximum absolute atomic E-state index is 12.7. The predicted molar refractivity (Wildman–Crippen MR) is 91.7 cm³/mol. The molecule has 1 saturated carbocycles. The number of hydrogen-bond donors (Lipinski definition) is 1. The molecule has 0 unspecified atom stereocenters. The Labute approximate surface area is 143 Å². The van der Waals surface area contributed by atoms with E-state index in [9.17, 15) is 9.90 Å². The number of aromatic nitrogens is 2. The molecule has 1 aliphatic heterocycles. The first-order valence-electron chi connectivity index (χ1n) is 8.82. The number of amides is 1. The van der Waals surface area contributed by atoms with Gasteiger partial charge in [-0.1, -0.05) is 13.8 Å². The number of fused-ring (bicyclic) bond motifs is 1. The third-order valence-electron chi connectivity index (χ3n) is 5.49. The van der Waals surface area contributed by atoms with Gasteiger partial charge >= 0.3 is 0 Å². The van der Waals surface area contributed by atoms with Crippen molar-refractivity contribution in [1.29, 1.82) is 0 Å². The SMILES string of the molecule is CC(C)c1ncc(C(=O)N2C[C@H]3C[C@@H](N(C)C)[C@H](O)C[C@H]3C2)cn1. The third kappa shape index (κ3) is 3.30. The third-order valence-corrected chi connectivity index (χ3v) is 5.49. The van der Waals surface area contributed by atoms with Gasteiger partial charge in [0.2, 0.25) is 0 Å². The standard InChI is InChI=1S/C18H28N4O2/c1-11(2)17-19-7-14(8-20-17)18(24)22-9-12-5-15(21(3)4)16(23)6-13(12)10-22/h7-8,11-13,15-16,23H,5-6,9-10H2,1-4H3/t12-,13+,15-,16-/m1/s1. The molecule has 1 N–H and O–H groups in total. The summed E-state index contributed by atoms with van der Waals surface area (Å²) in [7, 11) is 4.03. The van der Waals surface area contributed by atoms with Crippen molar-refractivity contribution in [3.05, 3.63) is 23.8 Å². The van der Waals surface area contributed by atoms with Crippen LogP contribution in [0.4, 0.5) is 0 Å². The number of carbonyl (C=O) groups is 1. The molecule has 2 fully saturated rings. The van der Waals surface area contributed by atoms with Crippen LogP contribution >= 0.6 is 0 Å². The van der Waals surface area contributed by atoms with Gasteiger partial charge in [0.25, 0.3) is 5.91 Å². The van der Waals surface area contributed by atoms with E-state index in [-0.39, 0.29) is 24.0 Å². The van der Waals surface area contributed by atoms with Crippen molar-refractivity contribution in [2.24, 2.45) is 11.8 Å². The zero-order valence-corrected chi connectivity index (χ0v) is 15.0. The molecule has 1 amide bonds. The number of likely N-dealkylation sites (tertiary alicyclic amines) is 1. The Morgan fingerprint density at radius 2 is 1.79 bits per heavy atom. The zero-order valence-electron chi connectivity index (χ0n) is 15.0. The van der Waals surface area contributed by atoms with E-state index in [1.54, 1.807) is 12.4 Å². The highest BCUT2D eigenvalue weighted by Crippen LogP contribution is 2.38. The quantitative estimate of drug-likeness (QED) is 0.905. The van der Waals surface area contributed by atoms with Crippen molar-refractivity contribution >= 4 is 5.91 Å². The molecule has 2 heterocycles. The van der Waals surface area contributed by atoms with Crippen molar-refractivity contribution in [3.8, 4) is 0 Å². The van der Waals surface area contributed by atoms with E-state index in [1.807, 2.05) is 32.8 Å². The monoisotopic (exact) mass is 332 g/mol. The summed E-state index contributed by atoms with van der Waals surface area (Å²) in [4.78, 5) is 25.4. The van der Waals surface area contributed by atoms with Crippen molar-refractivity contribution < 1.29 is 9.90 Å². The van der Waals surface area contributed by atoms with E-state index >= 15 is 0 Å². The summed E-state index contributed by atoms with van der Waals surface area (Å²) >= 11 is 0. The van der Waals surface area contributed by atoms with Crippen molar-refractivity contribution in [3.63, 3.8) is 0 Å². The summed E-state index contributed by atoms with van der Waals surface area (Å²) in [5.74, 6) is 1.90. The fraction of sp³-hybridized carbons (Fsp3) is 0.722. The van der Waals surface area contributed by atoms with Crippen LogP contribution in [0.25, 0.3) is 0 Å². The van der Waals surface area contributed by atoms with Crippen LogP contribution in [0.2, 0.25) is 0 Å². The summed E-state index contributed by atoms with van der Waals surface area (Å²) in [6, 6.07) is 0.190. The van der Waals surface area contributed by atoms with Crippen LogP contribution in [0.5, 0.6) is 0 Å². The molecular weight excluding hydrogens is 304 g/mol. The molecular formula is C18H28N4O2. The minimum atomic E-state index is -0.301. The van der Waals surface area contributed by atoms with Gasteiger partial charge in [0.15, 0.2) is 0 Å². The lowest BCUT2D eigenvalue weighted by molar-refractivity contribution is 0.00940. The number of nitrogens with zero attached hydrogens (tertiary/aromatic N) is 4. The van der Waals surface area contributed by atoms with Crippen molar-refractivity contribution in [2.75, 3.05) is 27.2 Å². The second-order valence-electron chi connectivity index (χ2n) is 7.78. The summed E-state index contributed by atoms with van der Waals surface area (Å²) < 4.78 is 0. The highest BCUT2D eigenvalue weighted by atomic mass is 16.3. The Bertz CT molecular complexity index is 587. The molecule has 4 atom stereocenters. The van der Waals surface area contributed by atoms with E-state index in [1.165, 1.54) is 0 Å². The van der Waals surface area contributed by atoms with Crippen LogP contribution in [0.3, 0.4) is 0 Å². The van der Waals surface area contributed by atoms with E-state index in [2.05, 4.69) is 14.9 Å². The molecule has 0 aromatic carbocycles. The predicted octanol–water partition coefficient (Wildman–Crippen LogP) is 1.37. The Morgan fingerprint density at radius 3 is 2.33 bits per heavy atom. The van der Waals surface area contributed by atoms with Gasteiger partial charge in [-0.2, -0.15) is 0 Å². The average molecular weight is 332 g/mol. The first kappa shape index (κ1) is 17.3. The molecule has 1 saturated heterocycles. The van der Waals surface area contributed by atoms with E-state index in [4.69, 9.17) is 0 Å². The zero-order chi connectivity index (χ0) is 17.4. The first-order valence-corrected chi connectivity index (χ1v) is 8.82. The van der Waals surface area contributed by atoms with Crippen LogP contribution in [-0.4, -0.2) is 70.1 Å². The molecule has 1 aliphatic carbocycles. The number of aliphatic hydroxyl groups excluding tert-OH is 1. The maximum Gasteiger partial charge on any atom is 0.257 e. The topological polar surface area (TPSA) is 69.6 Å². The molecule has 6 heteroatoms. The number of carbonyl (C=O) groups excluding carboxylic acids is 1. The normalized spacial score (nSPS) is 30.0. The highest BCUT2D eigenvalue weighted by Gasteiger charge is 2.43. The Balaban J connectivity index is 1.68. The second-order valence-corrected chi connectivity index (χ2v) is 7.78. The molecule has 3 rings (SSSR count). The first-order chi connectivity index (χ1) is 11.4. The van der Waals surface area contributed by atoms with Gasteiger partial charge in [0.05, 0.1) is 11.7 Å². The molecule has 6 nitrogen and oxygen atoms in total. The molecule has 1 aromatic heterocycles. The van der Waals surface area contributed by atoms with Crippen LogP contribution in [0, 0.1) is 11.8 Å². The van der Waals surface area contributed by atoms with Gasteiger partial charge in [-0.15, -0.1) is 0 Å². The van der Waals surface area contributed by atoms with Crippen molar-refractivity contribution in [2.45, 2.75) is 44.8 Å². The van der Waals surface area contributed by atoms with Gasteiger partial charge in [-0.3, -0.25) is 4.79 Å². The summed E-state index contributed by atoms with van der Waals surface area (Å²) in [6.45, 7) is 5.57. The van der Waals surface area contributed by atoms with Crippen LogP contribution in [0.1, 0.15) is 48.8 Å². The number of aliphatic hydroxyl groups is 1. The Morgan fingerprint density at radius 1 is 1.21 bits per heavy atom. The van der Waals surface area contributed by atoms with Gasteiger partial charge in [-0.25, -0.2) is 9.97 Å².